The van der Waals surface area contributed by atoms with Crippen LogP contribution in [0.2, 0.25) is 0 Å². The molecule has 2 saturated carbocycles. The summed E-state index contributed by atoms with van der Waals surface area (Å²) in [5.41, 5.74) is 5.58. The van der Waals surface area contributed by atoms with Crippen LogP contribution < -0.4 is 5.32 Å². The molecule has 0 atom stereocenters. The molecule has 140 valence electrons. The van der Waals surface area contributed by atoms with Crippen LogP contribution >= 0.6 is 23.7 Å². The fourth-order valence-corrected chi connectivity index (χ4v) is 3.84. The Hall–Kier alpha value is -2.25. The molecule has 1 amide bonds. The second-order valence-electron chi connectivity index (χ2n) is 7.08. The summed E-state index contributed by atoms with van der Waals surface area (Å²) in [6.07, 6.45) is 6.65. The smallest absolute Gasteiger partial charge is 0.267 e. The first-order valence-corrected chi connectivity index (χ1v) is 9.85. The molecule has 0 aliphatic heterocycles. The molecule has 0 aromatic carbocycles. The van der Waals surface area contributed by atoms with E-state index in [1.165, 1.54) is 48.4 Å². The van der Waals surface area contributed by atoms with Gasteiger partial charge in [0.25, 0.3) is 5.91 Å². The quantitative estimate of drug-likeness (QED) is 0.684. The van der Waals surface area contributed by atoms with Crippen molar-refractivity contribution in [3.8, 4) is 5.82 Å². The van der Waals surface area contributed by atoms with Gasteiger partial charge < -0.3 is 5.32 Å². The van der Waals surface area contributed by atoms with Crippen LogP contribution in [0.15, 0.2) is 29.9 Å². The van der Waals surface area contributed by atoms with Crippen LogP contribution in [0.4, 0.5) is 5.69 Å². The lowest BCUT2D eigenvalue weighted by molar-refractivity contribution is 0.103. The molecule has 1 N–H and O–H groups in total. The van der Waals surface area contributed by atoms with Gasteiger partial charge in [0.1, 0.15) is 4.88 Å². The Morgan fingerprint density at radius 1 is 1.19 bits per heavy atom. The molecule has 0 unspecified atom stereocenters. The number of amides is 1. The number of anilines is 1. The first kappa shape index (κ1) is 18.1. The molecule has 6 nitrogen and oxygen atoms in total. The number of nitrogens with one attached hydrogen (secondary N) is 1. The number of rotatable bonds is 5. The number of carbonyl (C=O) groups excluding carboxylic acids is 1. The lowest BCUT2D eigenvalue weighted by atomic mass is 10.2. The number of nitrogens with zero attached hydrogens (tertiary/aromatic N) is 4. The Kier molecular flexibility index (Phi) is 4.74. The molecular formula is C19H20ClN5OS. The van der Waals surface area contributed by atoms with E-state index in [9.17, 15) is 4.79 Å². The Balaban J connectivity index is 0.00000180. The van der Waals surface area contributed by atoms with E-state index in [1.807, 2.05) is 23.7 Å². The lowest BCUT2D eigenvalue weighted by Gasteiger charge is -2.08. The SMILES string of the molecule is Cc1ncsc1C(=O)Nc1ccc(-n2nc(C3CC3)cc2C2CC2)nc1.Cl. The zero-order valence-electron chi connectivity index (χ0n) is 14.9. The lowest BCUT2D eigenvalue weighted by Crippen LogP contribution is -2.12. The minimum Gasteiger partial charge on any atom is -0.320 e. The number of hydrogen-bond acceptors (Lipinski definition) is 5. The molecule has 5 rings (SSSR count). The number of pyridine rings is 1. The van der Waals surface area contributed by atoms with Gasteiger partial charge in [0, 0.05) is 17.5 Å². The molecule has 8 heteroatoms. The minimum absolute atomic E-state index is 0. The van der Waals surface area contributed by atoms with Gasteiger partial charge in [-0.15, -0.1) is 23.7 Å². The Bertz CT molecular complexity index is 972. The predicted octanol–water partition coefficient (Wildman–Crippen LogP) is 4.46. The molecule has 3 aromatic rings. The zero-order chi connectivity index (χ0) is 17.7. The van der Waals surface area contributed by atoms with Crippen LogP contribution in [0, 0.1) is 6.92 Å². The first-order chi connectivity index (χ1) is 12.7. The standard InChI is InChI=1S/C19H19N5OS.ClH/c1-11-18(26-10-21-11)19(25)22-14-6-7-17(20-9-14)24-16(13-4-5-13)8-15(23-24)12-2-3-12;/h6-10,12-13H,2-5H2,1H3,(H,22,25);1H. The highest BCUT2D eigenvalue weighted by Gasteiger charge is 2.33. The number of halogens is 1. The highest BCUT2D eigenvalue weighted by molar-refractivity contribution is 7.12. The van der Waals surface area contributed by atoms with Crippen molar-refractivity contribution in [1.82, 2.24) is 19.7 Å². The maximum absolute atomic E-state index is 12.3. The topological polar surface area (TPSA) is 72.7 Å². The van der Waals surface area contributed by atoms with Gasteiger partial charge in [-0.2, -0.15) is 5.10 Å². The molecule has 0 saturated heterocycles. The summed E-state index contributed by atoms with van der Waals surface area (Å²) in [7, 11) is 0. The van der Waals surface area contributed by atoms with Crippen LogP contribution in [-0.2, 0) is 0 Å². The van der Waals surface area contributed by atoms with Gasteiger partial charge in [-0.1, -0.05) is 0 Å². The van der Waals surface area contributed by atoms with Crippen molar-refractivity contribution >= 4 is 35.3 Å². The largest absolute Gasteiger partial charge is 0.320 e. The first-order valence-electron chi connectivity index (χ1n) is 8.97. The van der Waals surface area contributed by atoms with Gasteiger partial charge in [-0.3, -0.25) is 4.79 Å². The van der Waals surface area contributed by atoms with Gasteiger partial charge in [0.2, 0.25) is 0 Å². The van der Waals surface area contributed by atoms with Crippen molar-refractivity contribution in [1.29, 1.82) is 0 Å². The zero-order valence-corrected chi connectivity index (χ0v) is 16.5. The molecule has 27 heavy (non-hydrogen) atoms. The number of aromatic nitrogens is 4. The fraction of sp³-hybridized carbons (Fsp3) is 0.368. The molecular weight excluding hydrogens is 382 g/mol. The monoisotopic (exact) mass is 401 g/mol. The Morgan fingerprint density at radius 3 is 2.56 bits per heavy atom. The van der Waals surface area contributed by atoms with Crippen molar-refractivity contribution in [3.63, 3.8) is 0 Å². The van der Waals surface area contributed by atoms with Gasteiger partial charge in [-0.05, 0) is 50.8 Å². The summed E-state index contributed by atoms with van der Waals surface area (Å²) < 4.78 is 1.99. The average molecular weight is 402 g/mol. The summed E-state index contributed by atoms with van der Waals surface area (Å²) in [5, 5.41) is 7.69. The van der Waals surface area contributed by atoms with Crippen molar-refractivity contribution < 1.29 is 4.79 Å². The average Bonchev–Trinajstić information content (AvgIpc) is 3.58. The van der Waals surface area contributed by atoms with Crippen LogP contribution in [0.1, 0.15) is 64.3 Å². The number of hydrogen-bond donors (Lipinski definition) is 1. The summed E-state index contributed by atoms with van der Waals surface area (Å²) in [5.74, 6) is 1.92. The highest BCUT2D eigenvalue weighted by atomic mass is 35.5. The number of thiazole rings is 1. The van der Waals surface area contributed by atoms with E-state index in [-0.39, 0.29) is 18.3 Å². The second kappa shape index (κ2) is 7.05. The van der Waals surface area contributed by atoms with E-state index in [0.29, 0.717) is 22.4 Å². The molecule has 2 fully saturated rings. The fourth-order valence-electron chi connectivity index (χ4n) is 3.14. The van der Waals surface area contributed by atoms with Gasteiger partial charge in [-0.25, -0.2) is 14.6 Å². The van der Waals surface area contributed by atoms with Gasteiger partial charge in [0.05, 0.1) is 28.8 Å². The van der Waals surface area contributed by atoms with E-state index in [1.54, 1.807) is 11.7 Å². The molecule has 0 bridgehead atoms. The van der Waals surface area contributed by atoms with E-state index < -0.39 is 0 Å². The van der Waals surface area contributed by atoms with Crippen molar-refractivity contribution in [3.05, 3.63) is 51.9 Å². The Labute approximate surface area is 167 Å². The maximum atomic E-state index is 12.3. The second-order valence-corrected chi connectivity index (χ2v) is 7.94. The van der Waals surface area contributed by atoms with Gasteiger partial charge >= 0.3 is 0 Å². The number of aryl methyl sites for hydroxylation is 1. The van der Waals surface area contributed by atoms with E-state index in [0.717, 1.165) is 11.5 Å². The van der Waals surface area contributed by atoms with Crippen molar-refractivity contribution in [2.24, 2.45) is 0 Å². The predicted molar refractivity (Wildman–Crippen MR) is 107 cm³/mol. The summed E-state index contributed by atoms with van der Waals surface area (Å²) in [4.78, 5) is 21.6. The molecule has 0 radical (unpaired) electrons. The van der Waals surface area contributed by atoms with E-state index in [4.69, 9.17) is 5.10 Å². The summed E-state index contributed by atoms with van der Waals surface area (Å²) in [6, 6.07) is 6.07. The third-order valence-electron chi connectivity index (χ3n) is 4.92. The number of carbonyl (C=O) groups is 1. The minimum atomic E-state index is -0.145. The third kappa shape index (κ3) is 3.61. The summed E-state index contributed by atoms with van der Waals surface area (Å²) >= 11 is 1.34. The maximum Gasteiger partial charge on any atom is 0.267 e. The van der Waals surface area contributed by atoms with Crippen molar-refractivity contribution in [2.75, 3.05) is 5.32 Å². The van der Waals surface area contributed by atoms with Crippen LogP contribution in [0.25, 0.3) is 5.82 Å². The molecule has 0 spiro atoms. The van der Waals surface area contributed by atoms with Crippen LogP contribution in [0.3, 0.4) is 0 Å². The molecule has 2 aliphatic rings. The van der Waals surface area contributed by atoms with E-state index >= 15 is 0 Å². The Morgan fingerprint density at radius 2 is 1.96 bits per heavy atom. The van der Waals surface area contributed by atoms with Crippen molar-refractivity contribution in [2.45, 2.75) is 44.4 Å². The molecule has 3 heterocycles. The normalized spacial score (nSPS) is 16.0. The van der Waals surface area contributed by atoms with Crippen LogP contribution in [0.5, 0.6) is 0 Å². The van der Waals surface area contributed by atoms with Crippen LogP contribution in [-0.4, -0.2) is 25.7 Å². The third-order valence-corrected chi connectivity index (χ3v) is 5.85. The van der Waals surface area contributed by atoms with E-state index in [2.05, 4.69) is 21.4 Å². The molecule has 3 aromatic heterocycles. The molecule has 2 aliphatic carbocycles. The highest BCUT2D eigenvalue weighted by Crippen LogP contribution is 2.45. The summed E-state index contributed by atoms with van der Waals surface area (Å²) in [6.45, 7) is 1.83. The van der Waals surface area contributed by atoms with Gasteiger partial charge in [0.15, 0.2) is 5.82 Å².